The van der Waals surface area contributed by atoms with Crippen LogP contribution < -0.4 is 0 Å². The van der Waals surface area contributed by atoms with Crippen LogP contribution in [0.1, 0.15) is 47.6 Å². The Morgan fingerprint density at radius 3 is 1.61 bits per heavy atom. The fourth-order valence-electron chi connectivity index (χ4n) is 8.31. The molecule has 3 heterocycles. The van der Waals surface area contributed by atoms with Gasteiger partial charge in [0, 0.05) is 46.7 Å². The molecule has 6 aromatic carbocycles. The van der Waals surface area contributed by atoms with Crippen molar-refractivity contribution >= 4 is 0 Å². The largest absolute Gasteiger partial charge is 3.00 e. The smallest absolute Gasteiger partial charge is 0.301 e. The summed E-state index contributed by atoms with van der Waals surface area (Å²) in [6, 6.07) is 78.6. The molecule has 296 valence electrons. The van der Waals surface area contributed by atoms with E-state index in [1.807, 2.05) is 48.8 Å². The molecule has 0 N–H and O–H groups in total. The predicted octanol–water partition coefficient (Wildman–Crippen LogP) is 13.0. The third kappa shape index (κ3) is 8.98. The maximum Gasteiger partial charge on any atom is 3.00 e. The molecule has 0 spiro atoms. The summed E-state index contributed by atoms with van der Waals surface area (Å²) in [6.45, 7) is 4.50. The van der Waals surface area contributed by atoms with Crippen LogP contribution in [0.15, 0.2) is 207 Å². The average molecular weight is 963 g/mol. The van der Waals surface area contributed by atoms with Gasteiger partial charge in [-0.1, -0.05) is 117 Å². The standard InChI is InChI=1S/C57H44N3.Ir/c1-56(54-26-9-11-36-58-54,51-23-14-19-48(39-51)47-34-32-46(33-35-47)45-30-28-44(29-31-45)43-17-5-3-6-18-43)40-42-16-13-20-49(38-42)53-25-15-24-52(60-53)41-57(2,50-21-7-4-8-22-50)55-27-10-12-37-59-55;/h3-21,24-37,39H,40-41H2,1-2H3;/q-3;+3. The van der Waals surface area contributed by atoms with Gasteiger partial charge in [-0.2, -0.15) is 54.6 Å². The molecular weight excluding hydrogens is 919 g/mol. The zero-order chi connectivity index (χ0) is 40.8. The molecular formula is C57H44IrN3. The van der Waals surface area contributed by atoms with Crippen molar-refractivity contribution in [1.82, 2.24) is 15.0 Å². The van der Waals surface area contributed by atoms with E-state index >= 15 is 0 Å². The number of aromatic nitrogens is 3. The number of benzene rings is 6. The van der Waals surface area contributed by atoms with Gasteiger partial charge in [-0.25, -0.2) is 0 Å². The van der Waals surface area contributed by atoms with Crippen LogP contribution in [0.3, 0.4) is 0 Å². The maximum atomic E-state index is 5.23. The molecule has 9 rings (SSSR count). The molecule has 3 aromatic heterocycles. The van der Waals surface area contributed by atoms with E-state index in [1.54, 1.807) is 0 Å². The minimum Gasteiger partial charge on any atom is -0.301 e. The first kappa shape index (κ1) is 41.2. The summed E-state index contributed by atoms with van der Waals surface area (Å²) in [5.41, 5.74) is 14.3. The van der Waals surface area contributed by atoms with Crippen LogP contribution in [0.4, 0.5) is 0 Å². The molecule has 0 saturated carbocycles. The average Bonchev–Trinajstić information content (AvgIpc) is 3.33. The summed E-state index contributed by atoms with van der Waals surface area (Å²) in [4.78, 5) is 14.9. The normalized spacial score (nSPS) is 13.0. The Morgan fingerprint density at radius 2 is 1.00 bits per heavy atom. The number of hydrogen-bond acceptors (Lipinski definition) is 3. The molecule has 0 saturated heterocycles. The first-order valence-corrected chi connectivity index (χ1v) is 20.5. The zero-order valence-electron chi connectivity index (χ0n) is 34.2. The van der Waals surface area contributed by atoms with Crippen molar-refractivity contribution in [3.05, 3.63) is 258 Å². The topological polar surface area (TPSA) is 38.7 Å². The van der Waals surface area contributed by atoms with E-state index in [0.717, 1.165) is 56.2 Å². The monoisotopic (exact) mass is 963 g/mol. The molecule has 0 aliphatic carbocycles. The molecule has 0 radical (unpaired) electrons. The minimum atomic E-state index is -0.487. The number of hydrogen-bond donors (Lipinski definition) is 0. The van der Waals surface area contributed by atoms with Crippen molar-refractivity contribution in [2.75, 3.05) is 0 Å². The molecule has 61 heavy (non-hydrogen) atoms. The van der Waals surface area contributed by atoms with Gasteiger partial charge >= 0.3 is 20.1 Å². The first-order chi connectivity index (χ1) is 29.4. The van der Waals surface area contributed by atoms with Gasteiger partial charge in [0.2, 0.25) is 0 Å². The summed E-state index contributed by atoms with van der Waals surface area (Å²) in [5, 5.41) is 0. The summed E-state index contributed by atoms with van der Waals surface area (Å²) in [5.74, 6) is 0. The molecule has 0 aliphatic heterocycles. The Labute approximate surface area is 373 Å². The van der Waals surface area contributed by atoms with E-state index in [4.69, 9.17) is 15.0 Å². The second-order valence-electron chi connectivity index (χ2n) is 15.8. The van der Waals surface area contributed by atoms with Crippen molar-refractivity contribution in [2.24, 2.45) is 0 Å². The Morgan fingerprint density at radius 1 is 0.443 bits per heavy atom. The Balaban J connectivity index is 0.00000514. The van der Waals surface area contributed by atoms with E-state index in [0.29, 0.717) is 12.8 Å². The van der Waals surface area contributed by atoms with E-state index in [1.165, 1.54) is 22.3 Å². The van der Waals surface area contributed by atoms with E-state index < -0.39 is 10.8 Å². The van der Waals surface area contributed by atoms with Gasteiger partial charge in [-0.05, 0) is 70.3 Å². The van der Waals surface area contributed by atoms with Crippen LogP contribution in [0.5, 0.6) is 0 Å². The number of rotatable bonds is 12. The Bertz CT molecular complexity index is 2770. The van der Waals surface area contributed by atoms with E-state index in [2.05, 4.69) is 190 Å². The van der Waals surface area contributed by atoms with Crippen LogP contribution in [0, 0.1) is 18.2 Å². The van der Waals surface area contributed by atoms with E-state index in [9.17, 15) is 0 Å². The van der Waals surface area contributed by atoms with Crippen LogP contribution >= 0.6 is 0 Å². The van der Waals surface area contributed by atoms with Gasteiger partial charge in [0.15, 0.2) is 0 Å². The van der Waals surface area contributed by atoms with Gasteiger partial charge in [0.1, 0.15) is 0 Å². The molecule has 2 atom stereocenters. The van der Waals surface area contributed by atoms with Crippen molar-refractivity contribution < 1.29 is 20.1 Å². The maximum absolute atomic E-state index is 5.23. The molecule has 0 aliphatic rings. The van der Waals surface area contributed by atoms with Crippen LogP contribution in [0.25, 0.3) is 44.6 Å². The second kappa shape index (κ2) is 18.4. The van der Waals surface area contributed by atoms with Gasteiger partial charge in [0.25, 0.3) is 0 Å². The Hall–Kier alpha value is -6.58. The third-order valence-corrected chi connectivity index (χ3v) is 11.7. The van der Waals surface area contributed by atoms with Gasteiger partial charge in [0.05, 0.1) is 0 Å². The fourth-order valence-corrected chi connectivity index (χ4v) is 8.31. The van der Waals surface area contributed by atoms with Gasteiger partial charge in [-0.3, -0.25) is 9.97 Å². The molecule has 2 unspecified atom stereocenters. The summed E-state index contributed by atoms with van der Waals surface area (Å²) in [6.07, 6.45) is 5.09. The van der Waals surface area contributed by atoms with Crippen LogP contribution in [-0.2, 0) is 43.8 Å². The number of pyridine rings is 3. The molecule has 3 nitrogen and oxygen atoms in total. The summed E-state index contributed by atoms with van der Waals surface area (Å²) < 4.78 is 0. The molecule has 0 fully saturated rings. The summed E-state index contributed by atoms with van der Waals surface area (Å²) in [7, 11) is 0. The van der Waals surface area contributed by atoms with Crippen molar-refractivity contribution in [3.8, 4) is 44.6 Å². The second-order valence-corrected chi connectivity index (χ2v) is 15.8. The van der Waals surface area contributed by atoms with Crippen LogP contribution in [-0.4, -0.2) is 15.0 Å². The third-order valence-electron chi connectivity index (χ3n) is 11.7. The van der Waals surface area contributed by atoms with Crippen LogP contribution in [0.2, 0.25) is 0 Å². The minimum absolute atomic E-state index is 0. The predicted molar refractivity (Wildman–Crippen MR) is 244 cm³/mol. The van der Waals surface area contributed by atoms with Crippen molar-refractivity contribution in [3.63, 3.8) is 0 Å². The molecule has 4 heteroatoms. The Kier molecular flexibility index (Phi) is 12.4. The van der Waals surface area contributed by atoms with Gasteiger partial charge < -0.3 is 4.98 Å². The quantitative estimate of drug-likeness (QED) is 0.115. The zero-order valence-corrected chi connectivity index (χ0v) is 36.6. The van der Waals surface area contributed by atoms with Crippen molar-refractivity contribution in [2.45, 2.75) is 37.5 Å². The SMILES string of the molecule is CC(Cc1[c-]c(-c2cccc(CC(C)(c3[c-]cccc3)c3ccccn3)n2)ccc1)(c1[c-]ccc(-c2ccc(-c3ccc(-c4ccccc4)cc3)cc2)c1)c1ccccn1.[Ir+3]. The molecule has 0 bridgehead atoms. The van der Waals surface area contributed by atoms with E-state index in [-0.39, 0.29) is 20.1 Å². The van der Waals surface area contributed by atoms with Crippen molar-refractivity contribution in [1.29, 1.82) is 0 Å². The fraction of sp³-hybridized carbons (Fsp3) is 0.105. The molecule has 9 aromatic rings. The van der Waals surface area contributed by atoms with Gasteiger partial charge in [-0.15, -0.1) is 52.1 Å². The first-order valence-electron chi connectivity index (χ1n) is 20.5. The summed E-state index contributed by atoms with van der Waals surface area (Å²) >= 11 is 0. The number of nitrogens with zero attached hydrogens (tertiary/aromatic N) is 3. The molecule has 0 amide bonds.